The number of nitrogens with one attached hydrogen (secondary N) is 2. The van der Waals surface area contributed by atoms with Crippen molar-refractivity contribution in [3.05, 3.63) is 21.9 Å². The summed E-state index contributed by atoms with van der Waals surface area (Å²) in [6.07, 6.45) is 0. The molecule has 1 heterocycles. The van der Waals surface area contributed by atoms with E-state index in [4.69, 9.17) is 0 Å². The van der Waals surface area contributed by atoms with E-state index in [9.17, 15) is 14.7 Å². The summed E-state index contributed by atoms with van der Waals surface area (Å²) in [5, 5.41) is 16.7. The molecular formula is C14H22N2O3S. The number of carboxylic acids is 1. The summed E-state index contributed by atoms with van der Waals surface area (Å²) in [5.74, 6) is -0.947. The molecule has 5 nitrogen and oxygen atoms in total. The number of carbonyl (C=O) groups is 2. The van der Waals surface area contributed by atoms with E-state index in [1.54, 1.807) is 39.0 Å². The van der Waals surface area contributed by atoms with E-state index in [0.29, 0.717) is 6.54 Å². The van der Waals surface area contributed by atoms with Gasteiger partial charge in [-0.2, -0.15) is 0 Å². The van der Waals surface area contributed by atoms with E-state index in [-0.39, 0.29) is 6.03 Å². The number of urea groups is 1. The third-order valence-corrected chi connectivity index (χ3v) is 4.92. The zero-order valence-electron chi connectivity index (χ0n) is 12.5. The normalized spacial score (nSPS) is 12.1. The van der Waals surface area contributed by atoms with E-state index < -0.39 is 16.9 Å². The standard InChI is InChI=1S/C14H22N2O3S/c1-9-6-7-20-10(9)8-15-12(19)16-14(4,5)13(2,3)11(17)18/h6-7H,8H2,1-5H3,(H,17,18)(H2,15,16,19). The lowest BCUT2D eigenvalue weighted by Crippen LogP contribution is -2.58. The maximum absolute atomic E-state index is 11.9. The fourth-order valence-corrected chi connectivity index (χ4v) is 2.34. The van der Waals surface area contributed by atoms with Crippen LogP contribution in [-0.2, 0) is 11.3 Å². The summed E-state index contributed by atoms with van der Waals surface area (Å²) in [6.45, 7) is 9.04. The van der Waals surface area contributed by atoms with Crippen LogP contribution in [0, 0.1) is 12.3 Å². The Morgan fingerprint density at radius 1 is 1.30 bits per heavy atom. The molecule has 0 aliphatic heterocycles. The van der Waals surface area contributed by atoms with Gasteiger partial charge in [-0.05, 0) is 51.6 Å². The van der Waals surface area contributed by atoms with Gasteiger partial charge >= 0.3 is 12.0 Å². The lowest BCUT2D eigenvalue weighted by atomic mass is 9.74. The van der Waals surface area contributed by atoms with Crippen LogP contribution in [0.4, 0.5) is 4.79 Å². The Kier molecular flexibility index (Phi) is 4.81. The molecule has 0 fully saturated rings. The second-order valence-electron chi connectivity index (χ2n) is 5.89. The average Bonchev–Trinajstić information content (AvgIpc) is 2.71. The first-order valence-corrected chi connectivity index (χ1v) is 7.28. The molecule has 0 spiro atoms. The van der Waals surface area contributed by atoms with E-state index >= 15 is 0 Å². The van der Waals surface area contributed by atoms with Gasteiger partial charge in [0.2, 0.25) is 0 Å². The van der Waals surface area contributed by atoms with Crippen molar-refractivity contribution in [2.45, 2.75) is 46.7 Å². The van der Waals surface area contributed by atoms with Crippen LogP contribution in [0.5, 0.6) is 0 Å². The highest BCUT2D eigenvalue weighted by Crippen LogP contribution is 2.30. The number of rotatable bonds is 5. The van der Waals surface area contributed by atoms with Crippen LogP contribution in [-0.4, -0.2) is 22.6 Å². The molecule has 0 aliphatic carbocycles. The number of thiophene rings is 1. The van der Waals surface area contributed by atoms with Crippen molar-refractivity contribution >= 4 is 23.3 Å². The molecule has 1 aromatic heterocycles. The Hall–Kier alpha value is -1.56. The number of carbonyl (C=O) groups excluding carboxylic acids is 1. The maximum atomic E-state index is 11.9. The van der Waals surface area contributed by atoms with Crippen LogP contribution in [0.15, 0.2) is 11.4 Å². The van der Waals surface area contributed by atoms with E-state index in [0.717, 1.165) is 10.4 Å². The zero-order chi connectivity index (χ0) is 15.6. The third-order valence-electron chi connectivity index (χ3n) is 3.90. The van der Waals surface area contributed by atoms with Gasteiger partial charge in [0.15, 0.2) is 0 Å². The van der Waals surface area contributed by atoms with Gasteiger partial charge < -0.3 is 15.7 Å². The van der Waals surface area contributed by atoms with E-state index in [2.05, 4.69) is 10.6 Å². The monoisotopic (exact) mass is 298 g/mol. The number of aryl methyl sites for hydroxylation is 1. The molecule has 2 amide bonds. The molecule has 0 aliphatic rings. The van der Waals surface area contributed by atoms with Gasteiger partial charge in [-0.25, -0.2) is 4.79 Å². The summed E-state index contributed by atoms with van der Waals surface area (Å²) < 4.78 is 0. The molecule has 3 N–H and O–H groups in total. The fraction of sp³-hybridized carbons (Fsp3) is 0.571. The van der Waals surface area contributed by atoms with Gasteiger partial charge in [0.25, 0.3) is 0 Å². The first-order valence-electron chi connectivity index (χ1n) is 6.40. The minimum atomic E-state index is -1.07. The van der Waals surface area contributed by atoms with E-state index in [1.807, 2.05) is 18.4 Å². The molecular weight excluding hydrogens is 276 g/mol. The minimum Gasteiger partial charge on any atom is -0.481 e. The van der Waals surface area contributed by atoms with Crippen LogP contribution >= 0.6 is 11.3 Å². The Morgan fingerprint density at radius 3 is 2.35 bits per heavy atom. The van der Waals surface area contributed by atoms with Crippen molar-refractivity contribution in [2.24, 2.45) is 5.41 Å². The quantitative estimate of drug-likeness (QED) is 0.782. The predicted molar refractivity (Wildman–Crippen MR) is 79.9 cm³/mol. The Balaban J connectivity index is 2.62. The highest BCUT2D eigenvalue weighted by molar-refractivity contribution is 7.10. The molecule has 0 saturated carbocycles. The molecule has 0 aromatic carbocycles. The van der Waals surface area contributed by atoms with Crippen molar-refractivity contribution in [3.63, 3.8) is 0 Å². The van der Waals surface area contributed by atoms with Gasteiger partial charge in [0, 0.05) is 4.88 Å². The van der Waals surface area contributed by atoms with Crippen LogP contribution in [0.3, 0.4) is 0 Å². The van der Waals surface area contributed by atoms with Crippen molar-refractivity contribution in [2.75, 3.05) is 0 Å². The Morgan fingerprint density at radius 2 is 1.90 bits per heavy atom. The number of hydrogen-bond acceptors (Lipinski definition) is 3. The van der Waals surface area contributed by atoms with E-state index in [1.165, 1.54) is 0 Å². The van der Waals surface area contributed by atoms with Gasteiger partial charge in [-0.3, -0.25) is 4.79 Å². The van der Waals surface area contributed by atoms with Crippen LogP contribution in [0.25, 0.3) is 0 Å². The van der Waals surface area contributed by atoms with Gasteiger partial charge in [0.1, 0.15) is 0 Å². The average molecular weight is 298 g/mol. The molecule has 1 aromatic rings. The predicted octanol–water partition coefficient (Wildman–Crippen LogP) is 2.75. The molecule has 20 heavy (non-hydrogen) atoms. The van der Waals surface area contributed by atoms with Gasteiger partial charge in [0.05, 0.1) is 17.5 Å². The van der Waals surface area contributed by atoms with Gasteiger partial charge in [-0.15, -0.1) is 11.3 Å². The fourth-order valence-electron chi connectivity index (χ4n) is 1.50. The lowest BCUT2D eigenvalue weighted by molar-refractivity contribution is -0.150. The summed E-state index contributed by atoms with van der Waals surface area (Å²) >= 11 is 1.58. The summed E-state index contributed by atoms with van der Waals surface area (Å²) in [5.41, 5.74) is -0.795. The number of amides is 2. The zero-order valence-corrected chi connectivity index (χ0v) is 13.4. The summed E-state index contributed by atoms with van der Waals surface area (Å²) in [6, 6.07) is 1.63. The molecule has 0 saturated heterocycles. The smallest absolute Gasteiger partial charge is 0.315 e. The Bertz CT molecular complexity index is 506. The molecule has 6 heteroatoms. The highest BCUT2D eigenvalue weighted by atomic mass is 32.1. The SMILES string of the molecule is Cc1ccsc1CNC(=O)NC(C)(C)C(C)(C)C(=O)O. The Labute approximate surface area is 123 Å². The lowest BCUT2D eigenvalue weighted by Gasteiger charge is -2.38. The van der Waals surface area contributed by atoms with Crippen LogP contribution in [0.1, 0.15) is 38.1 Å². The summed E-state index contributed by atoms with van der Waals surface area (Å²) in [7, 11) is 0. The molecule has 0 radical (unpaired) electrons. The first kappa shape index (κ1) is 16.5. The number of aliphatic carboxylic acids is 1. The second kappa shape index (κ2) is 5.83. The van der Waals surface area contributed by atoms with Crippen LogP contribution in [0.2, 0.25) is 0 Å². The minimum absolute atomic E-state index is 0.364. The molecule has 112 valence electrons. The van der Waals surface area contributed by atoms with Crippen molar-refractivity contribution in [1.29, 1.82) is 0 Å². The first-order chi connectivity index (χ1) is 9.08. The number of carboxylic acid groups (broad SMARTS) is 1. The third kappa shape index (κ3) is 3.50. The maximum Gasteiger partial charge on any atom is 0.315 e. The topological polar surface area (TPSA) is 78.4 Å². The summed E-state index contributed by atoms with van der Waals surface area (Å²) in [4.78, 5) is 24.3. The van der Waals surface area contributed by atoms with Crippen LogP contribution < -0.4 is 10.6 Å². The number of hydrogen-bond donors (Lipinski definition) is 3. The molecule has 0 unspecified atom stereocenters. The molecule has 0 atom stereocenters. The second-order valence-corrected chi connectivity index (χ2v) is 6.89. The van der Waals surface area contributed by atoms with Crippen molar-refractivity contribution in [3.8, 4) is 0 Å². The highest BCUT2D eigenvalue weighted by Gasteiger charge is 2.44. The molecule has 1 rings (SSSR count). The van der Waals surface area contributed by atoms with Crippen molar-refractivity contribution in [1.82, 2.24) is 10.6 Å². The van der Waals surface area contributed by atoms with Gasteiger partial charge in [-0.1, -0.05) is 0 Å². The largest absolute Gasteiger partial charge is 0.481 e. The molecule has 0 bridgehead atoms. The van der Waals surface area contributed by atoms with Crippen molar-refractivity contribution < 1.29 is 14.7 Å².